The van der Waals surface area contributed by atoms with E-state index in [1.807, 2.05) is 12.1 Å². The molecule has 0 fully saturated rings. The summed E-state index contributed by atoms with van der Waals surface area (Å²) in [6, 6.07) is 12.5. The number of benzene rings is 2. The summed E-state index contributed by atoms with van der Waals surface area (Å²) >= 11 is 6.37. The predicted octanol–water partition coefficient (Wildman–Crippen LogP) is 5.11. The van der Waals surface area contributed by atoms with Crippen molar-refractivity contribution >= 4 is 33.3 Å². The monoisotopic (exact) mass is 422 g/mol. The Morgan fingerprint density at radius 1 is 1.03 bits per heavy atom. The third kappa shape index (κ3) is 4.17. The number of H-pyrrole nitrogens is 1. The first kappa shape index (κ1) is 21.0. The molecule has 0 spiro atoms. The average Bonchev–Trinajstić information content (AvgIpc) is 3.21. The van der Waals surface area contributed by atoms with Crippen LogP contribution in [0.4, 0.5) is 0 Å². The van der Waals surface area contributed by atoms with Crippen molar-refractivity contribution in [3.05, 3.63) is 71.4 Å². The minimum atomic E-state index is -0.412. The molecule has 3 aromatic rings. The zero-order valence-electron chi connectivity index (χ0n) is 16.7. The van der Waals surface area contributed by atoms with Crippen LogP contribution in [0.5, 0.6) is 17.2 Å². The van der Waals surface area contributed by atoms with Crippen LogP contribution in [0, 0.1) is 11.3 Å². The topological polar surface area (TPSA) is 84.3 Å². The molecule has 7 heteroatoms. The summed E-state index contributed by atoms with van der Waals surface area (Å²) in [6.07, 6.45) is 4.49. The van der Waals surface area contributed by atoms with E-state index in [4.69, 9.17) is 25.8 Å². The maximum absolute atomic E-state index is 12.9. The number of fused-ring (bicyclic) bond motifs is 1. The van der Waals surface area contributed by atoms with E-state index < -0.39 is 5.78 Å². The van der Waals surface area contributed by atoms with Crippen molar-refractivity contribution in [2.45, 2.75) is 0 Å². The van der Waals surface area contributed by atoms with Crippen molar-refractivity contribution < 1.29 is 19.0 Å². The number of allylic oxidation sites excluding steroid dienone is 3. The SMILES string of the molecule is COc1ccc2[nH]cc(C(=O)/C(C#N)=C/C=C(\Cl)c3ccc(OC)c(OC)c3)c2c1. The second-order valence-electron chi connectivity index (χ2n) is 6.22. The summed E-state index contributed by atoms with van der Waals surface area (Å²) in [7, 11) is 4.63. The summed E-state index contributed by atoms with van der Waals surface area (Å²) in [5, 5.41) is 10.5. The van der Waals surface area contributed by atoms with Crippen LogP contribution in [0.3, 0.4) is 0 Å². The molecule has 0 aliphatic carbocycles. The van der Waals surface area contributed by atoms with E-state index in [-0.39, 0.29) is 5.57 Å². The van der Waals surface area contributed by atoms with Gasteiger partial charge in [0.2, 0.25) is 5.78 Å². The molecule has 1 N–H and O–H groups in total. The molecule has 30 heavy (non-hydrogen) atoms. The van der Waals surface area contributed by atoms with Gasteiger partial charge in [0.1, 0.15) is 17.4 Å². The summed E-state index contributed by atoms with van der Waals surface area (Å²) < 4.78 is 15.7. The Balaban J connectivity index is 1.94. The van der Waals surface area contributed by atoms with E-state index in [1.165, 1.54) is 19.3 Å². The fourth-order valence-corrected chi connectivity index (χ4v) is 3.14. The van der Waals surface area contributed by atoms with Gasteiger partial charge in [0.05, 0.1) is 21.3 Å². The van der Waals surface area contributed by atoms with Gasteiger partial charge in [-0.25, -0.2) is 0 Å². The highest BCUT2D eigenvalue weighted by molar-refractivity contribution is 6.49. The number of rotatable bonds is 7. The molecule has 152 valence electrons. The number of hydrogen-bond donors (Lipinski definition) is 1. The van der Waals surface area contributed by atoms with E-state index in [9.17, 15) is 10.1 Å². The Bertz CT molecular complexity index is 1200. The van der Waals surface area contributed by atoms with E-state index in [1.54, 1.807) is 50.7 Å². The normalized spacial score (nSPS) is 11.8. The number of ketones is 1. The molecular formula is C23H19ClN2O4. The van der Waals surface area contributed by atoms with E-state index in [0.717, 1.165) is 5.52 Å². The molecule has 0 unspecified atom stereocenters. The second-order valence-corrected chi connectivity index (χ2v) is 6.63. The zero-order valence-corrected chi connectivity index (χ0v) is 17.4. The van der Waals surface area contributed by atoms with E-state index in [2.05, 4.69) is 4.98 Å². The van der Waals surface area contributed by atoms with Gasteiger partial charge in [-0.2, -0.15) is 5.26 Å². The van der Waals surface area contributed by atoms with Crippen LogP contribution in [0.15, 0.2) is 60.3 Å². The van der Waals surface area contributed by atoms with Crippen LogP contribution in [0.2, 0.25) is 0 Å². The number of carbonyl (C=O) groups is 1. The van der Waals surface area contributed by atoms with Gasteiger partial charge in [0.25, 0.3) is 0 Å². The zero-order chi connectivity index (χ0) is 21.7. The number of nitriles is 1. The van der Waals surface area contributed by atoms with Gasteiger partial charge in [-0.1, -0.05) is 11.6 Å². The van der Waals surface area contributed by atoms with Crippen LogP contribution in [-0.4, -0.2) is 32.1 Å². The molecule has 0 aliphatic rings. The largest absolute Gasteiger partial charge is 0.497 e. The third-order valence-corrected chi connectivity index (χ3v) is 4.90. The molecule has 2 aromatic carbocycles. The first-order chi connectivity index (χ1) is 14.5. The Kier molecular flexibility index (Phi) is 6.45. The van der Waals surface area contributed by atoms with Crippen molar-refractivity contribution in [2.24, 2.45) is 0 Å². The number of aromatic nitrogens is 1. The summed E-state index contributed by atoms with van der Waals surface area (Å²) in [5.41, 5.74) is 1.77. The van der Waals surface area contributed by atoms with E-state index >= 15 is 0 Å². The number of carbonyl (C=O) groups excluding carboxylic acids is 1. The average molecular weight is 423 g/mol. The number of halogens is 1. The van der Waals surface area contributed by atoms with Crippen molar-refractivity contribution in [2.75, 3.05) is 21.3 Å². The lowest BCUT2D eigenvalue weighted by molar-refractivity contribution is 0.104. The number of Topliss-reactive ketones (excluding diaryl/α,β-unsaturated/α-hetero) is 1. The van der Waals surface area contributed by atoms with Gasteiger partial charge in [0.15, 0.2) is 11.5 Å². The molecule has 1 aromatic heterocycles. The first-order valence-corrected chi connectivity index (χ1v) is 9.30. The van der Waals surface area contributed by atoms with Gasteiger partial charge in [-0.15, -0.1) is 0 Å². The fraction of sp³-hybridized carbons (Fsp3) is 0.130. The van der Waals surface area contributed by atoms with Gasteiger partial charge in [-0.3, -0.25) is 4.79 Å². The van der Waals surface area contributed by atoms with Crippen molar-refractivity contribution in [1.29, 1.82) is 5.26 Å². The van der Waals surface area contributed by atoms with Crippen molar-refractivity contribution in [3.63, 3.8) is 0 Å². The highest BCUT2D eigenvalue weighted by atomic mass is 35.5. The van der Waals surface area contributed by atoms with Gasteiger partial charge in [-0.05, 0) is 54.1 Å². The molecule has 0 saturated heterocycles. The molecule has 1 heterocycles. The molecule has 6 nitrogen and oxygen atoms in total. The third-order valence-electron chi connectivity index (χ3n) is 4.55. The minimum Gasteiger partial charge on any atom is -0.497 e. The number of methoxy groups -OCH3 is 3. The molecule has 0 radical (unpaired) electrons. The highest BCUT2D eigenvalue weighted by Crippen LogP contribution is 2.32. The molecular weight excluding hydrogens is 404 g/mol. The van der Waals surface area contributed by atoms with Gasteiger partial charge < -0.3 is 19.2 Å². The predicted molar refractivity (Wildman–Crippen MR) is 116 cm³/mol. The van der Waals surface area contributed by atoms with Gasteiger partial charge >= 0.3 is 0 Å². The van der Waals surface area contributed by atoms with Crippen LogP contribution < -0.4 is 14.2 Å². The maximum atomic E-state index is 12.9. The van der Waals surface area contributed by atoms with Crippen LogP contribution in [0.25, 0.3) is 15.9 Å². The van der Waals surface area contributed by atoms with Crippen LogP contribution >= 0.6 is 11.6 Å². The summed E-state index contributed by atoms with van der Waals surface area (Å²) in [6.45, 7) is 0. The Morgan fingerprint density at radius 2 is 1.80 bits per heavy atom. The first-order valence-electron chi connectivity index (χ1n) is 8.92. The second kappa shape index (κ2) is 9.21. The number of hydrogen-bond acceptors (Lipinski definition) is 5. The lowest BCUT2D eigenvalue weighted by Gasteiger charge is -2.08. The van der Waals surface area contributed by atoms with Crippen molar-refractivity contribution in [1.82, 2.24) is 4.98 Å². The standard InChI is InChI=1S/C23H19ClN2O4/c1-28-16-6-8-20-17(11-16)18(13-26-20)23(27)15(12-25)4-7-19(24)14-5-9-21(29-2)22(10-14)30-3/h4-11,13,26H,1-3H3/b15-4+,19-7-. The quantitative estimate of drug-likeness (QED) is 0.247. The molecule has 0 bridgehead atoms. The lowest BCUT2D eigenvalue weighted by Crippen LogP contribution is -2.01. The van der Waals surface area contributed by atoms with Gasteiger partial charge in [0, 0.05) is 27.7 Å². The highest BCUT2D eigenvalue weighted by Gasteiger charge is 2.17. The van der Waals surface area contributed by atoms with Crippen LogP contribution in [0.1, 0.15) is 15.9 Å². The number of aromatic amines is 1. The molecule has 0 aliphatic heterocycles. The number of ether oxygens (including phenoxy) is 3. The summed E-state index contributed by atoms with van der Waals surface area (Å²) in [4.78, 5) is 16.0. The smallest absolute Gasteiger partial charge is 0.205 e. The van der Waals surface area contributed by atoms with E-state index in [0.29, 0.717) is 38.8 Å². The molecule has 3 rings (SSSR count). The van der Waals surface area contributed by atoms with Crippen molar-refractivity contribution in [3.8, 4) is 23.3 Å². The molecule has 0 saturated carbocycles. The number of nitrogens with zero attached hydrogens (tertiary/aromatic N) is 1. The maximum Gasteiger partial charge on any atom is 0.205 e. The fourth-order valence-electron chi connectivity index (χ4n) is 2.96. The lowest BCUT2D eigenvalue weighted by atomic mass is 10.0. The molecule has 0 atom stereocenters. The van der Waals surface area contributed by atoms with Crippen LogP contribution in [-0.2, 0) is 0 Å². The Morgan fingerprint density at radius 3 is 2.47 bits per heavy atom. The molecule has 0 amide bonds. The Labute approximate surface area is 178 Å². The number of nitrogens with one attached hydrogen (secondary N) is 1. The Hall–Kier alpha value is -3.69. The minimum absolute atomic E-state index is 0.0441. The summed E-state index contributed by atoms with van der Waals surface area (Å²) in [5.74, 6) is 1.30.